The molecule has 3 nitrogen and oxygen atoms in total. The molecule has 0 bridgehead atoms. The third-order valence-corrected chi connectivity index (χ3v) is 6.91. The molecule has 0 aromatic heterocycles. The van der Waals surface area contributed by atoms with Gasteiger partial charge in [0.1, 0.15) is 0 Å². The number of nitrogens with zero attached hydrogens (tertiary/aromatic N) is 2. The first-order chi connectivity index (χ1) is 12.6. The Bertz CT molecular complexity index is 799. The number of hydrogen-bond donors (Lipinski definition) is 0. The molecule has 2 heterocycles. The first-order valence-electron chi connectivity index (χ1n) is 9.12. The molecule has 2 aliphatic rings. The van der Waals surface area contributed by atoms with Crippen molar-refractivity contribution in [1.82, 2.24) is 4.90 Å². The minimum atomic E-state index is 0.236. The number of halogens is 1. The van der Waals surface area contributed by atoms with Gasteiger partial charge in [0, 0.05) is 47.0 Å². The van der Waals surface area contributed by atoms with Crippen LogP contribution in [-0.4, -0.2) is 45.3 Å². The Morgan fingerprint density at radius 2 is 1.96 bits per heavy atom. The summed E-state index contributed by atoms with van der Waals surface area (Å²) in [5.41, 5.74) is 2.76. The molecule has 26 heavy (non-hydrogen) atoms. The number of hydrogen-bond acceptors (Lipinski definition) is 4. The first-order valence-corrected chi connectivity index (χ1v) is 10.3. The summed E-state index contributed by atoms with van der Waals surface area (Å²) in [7, 11) is 4.02. The van der Waals surface area contributed by atoms with E-state index in [1.807, 2.05) is 17.8 Å². The van der Waals surface area contributed by atoms with Crippen LogP contribution < -0.4 is 4.90 Å². The number of fused-ring (bicyclic) bond motifs is 2. The van der Waals surface area contributed by atoms with Crippen molar-refractivity contribution in [2.45, 2.75) is 22.6 Å². The second-order valence-electron chi connectivity index (χ2n) is 7.50. The lowest BCUT2D eigenvalue weighted by atomic mass is 9.82. The van der Waals surface area contributed by atoms with E-state index in [0.717, 1.165) is 37.7 Å². The molecular formula is C21H25ClN2OS. The smallest absolute Gasteiger partial charge is 0.0567 e. The van der Waals surface area contributed by atoms with E-state index in [0.29, 0.717) is 0 Å². The van der Waals surface area contributed by atoms with Crippen molar-refractivity contribution in [3.63, 3.8) is 0 Å². The van der Waals surface area contributed by atoms with Crippen LogP contribution in [0, 0.1) is 5.41 Å². The SMILES string of the molecule is COCCC1(CN2c3ccccc3Sc3ccc(Cl)cc32)CCN(C)C1. The van der Waals surface area contributed by atoms with Crippen molar-refractivity contribution in [2.24, 2.45) is 5.41 Å². The maximum Gasteiger partial charge on any atom is 0.0567 e. The summed E-state index contributed by atoms with van der Waals surface area (Å²) < 4.78 is 5.45. The standard InChI is InChI=1S/C21H25ClN2OS/c1-23-11-9-21(14-23,10-12-25-2)15-24-17-5-3-4-6-19(17)26-20-8-7-16(22)13-18(20)24/h3-8,13H,9-12,14-15H2,1-2H3. The highest BCUT2D eigenvalue weighted by Gasteiger charge is 2.39. The molecule has 0 aliphatic carbocycles. The molecule has 1 fully saturated rings. The molecule has 2 aromatic carbocycles. The number of methoxy groups -OCH3 is 1. The van der Waals surface area contributed by atoms with Crippen LogP contribution in [-0.2, 0) is 4.74 Å². The number of para-hydroxylation sites is 1. The highest BCUT2D eigenvalue weighted by molar-refractivity contribution is 7.99. The topological polar surface area (TPSA) is 15.7 Å². The van der Waals surface area contributed by atoms with Gasteiger partial charge in [-0.3, -0.25) is 0 Å². The maximum atomic E-state index is 6.36. The average molecular weight is 389 g/mol. The van der Waals surface area contributed by atoms with Gasteiger partial charge in [-0.1, -0.05) is 35.5 Å². The second kappa shape index (κ2) is 7.43. The molecule has 5 heteroatoms. The molecule has 0 spiro atoms. The first kappa shape index (κ1) is 18.2. The molecule has 4 rings (SSSR count). The highest BCUT2D eigenvalue weighted by atomic mass is 35.5. The van der Waals surface area contributed by atoms with Crippen LogP contribution in [0.3, 0.4) is 0 Å². The van der Waals surface area contributed by atoms with Gasteiger partial charge in [-0.25, -0.2) is 0 Å². The van der Waals surface area contributed by atoms with E-state index in [9.17, 15) is 0 Å². The molecule has 0 saturated carbocycles. The van der Waals surface area contributed by atoms with Gasteiger partial charge in [0.2, 0.25) is 0 Å². The molecule has 138 valence electrons. The van der Waals surface area contributed by atoms with Gasteiger partial charge < -0.3 is 14.5 Å². The summed E-state index contributed by atoms with van der Waals surface area (Å²) in [4.78, 5) is 7.53. The normalized spacial score (nSPS) is 22.3. The van der Waals surface area contributed by atoms with Crippen LogP contribution in [0.25, 0.3) is 0 Å². The maximum absolute atomic E-state index is 6.36. The van der Waals surface area contributed by atoms with E-state index in [2.05, 4.69) is 53.2 Å². The molecule has 0 amide bonds. The number of anilines is 2. The van der Waals surface area contributed by atoms with Gasteiger partial charge in [0.05, 0.1) is 11.4 Å². The van der Waals surface area contributed by atoms with E-state index >= 15 is 0 Å². The summed E-state index contributed by atoms with van der Waals surface area (Å²) in [6.45, 7) is 4.06. The third kappa shape index (κ3) is 3.48. The lowest BCUT2D eigenvalue weighted by Gasteiger charge is -2.40. The van der Waals surface area contributed by atoms with Gasteiger partial charge in [-0.05, 0) is 56.8 Å². The molecule has 0 N–H and O–H groups in total. The molecule has 0 radical (unpaired) electrons. The Morgan fingerprint density at radius 3 is 2.73 bits per heavy atom. The zero-order chi connectivity index (χ0) is 18.1. The molecular weight excluding hydrogens is 364 g/mol. The average Bonchev–Trinajstić information content (AvgIpc) is 3.01. The number of ether oxygens (including phenoxy) is 1. The summed E-state index contributed by atoms with van der Waals surface area (Å²) >= 11 is 8.20. The Hall–Kier alpha value is -1.20. The van der Waals surface area contributed by atoms with Crippen molar-refractivity contribution in [3.05, 3.63) is 47.5 Å². The fraction of sp³-hybridized carbons (Fsp3) is 0.429. The van der Waals surface area contributed by atoms with Crippen LogP contribution in [0.2, 0.25) is 5.02 Å². The fourth-order valence-electron chi connectivity index (χ4n) is 4.20. The van der Waals surface area contributed by atoms with Crippen LogP contribution in [0.4, 0.5) is 11.4 Å². The summed E-state index contributed by atoms with van der Waals surface area (Å²) in [5, 5.41) is 0.795. The minimum Gasteiger partial charge on any atom is -0.385 e. The lowest BCUT2D eigenvalue weighted by molar-refractivity contribution is 0.141. The van der Waals surface area contributed by atoms with Crippen LogP contribution in [0.15, 0.2) is 52.3 Å². The zero-order valence-electron chi connectivity index (χ0n) is 15.4. The minimum absolute atomic E-state index is 0.236. The predicted octanol–water partition coefficient (Wildman–Crippen LogP) is 5.30. The largest absolute Gasteiger partial charge is 0.385 e. The number of benzene rings is 2. The van der Waals surface area contributed by atoms with Crippen molar-refractivity contribution in [3.8, 4) is 0 Å². The van der Waals surface area contributed by atoms with Crippen LogP contribution in [0.5, 0.6) is 0 Å². The quantitative estimate of drug-likeness (QED) is 0.690. The van der Waals surface area contributed by atoms with E-state index in [4.69, 9.17) is 16.3 Å². The van der Waals surface area contributed by atoms with Gasteiger partial charge in [0.25, 0.3) is 0 Å². The van der Waals surface area contributed by atoms with Gasteiger partial charge in [-0.15, -0.1) is 0 Å². The molecule has 2 aliphatic heterocycles. The summed E-state index contributed by atoms with van der Waals surface area (Å²) in [6.07, 6.45) is 2.28. The van der Waals surface area contributed by atoms with Crippen LogP contribution in [0.1, 0.15) is 12.8 Å². The Kier molecular flexibility index (Phi) is 5.20. The number of rotatable bonds is 5. The van der Waals surface area contributed by atoms with Crippen molar-refractivity contribution < 1.29 is 4.74 Å². The second-order valence-corrected chi connectivity index (χ2v) is 9.02. The summed E-state index contributed by atoms with van der Waals surface area (Å²) in [6, 6.07) is 14.9. The lowest BCUT2D eigenvalue weighted by Crippen LogP contribution is -2.39. The molecule has 2 aromatic rings. The molecule has 1 atom stereocenters. The molecule has 1 saturated heterocycles. The van der Waals surface area contributed by atoms with E-state index in [1.54, 1.807) is 7.11 Å². The van der Waals surface area contributed by atoms with Crippen molar-refractivity contribution in [2.75, 3.05) is 45.3 Å². The Labute approximate surface area is 165 Å². The van der Waals surface area contributed by atoms with Gasteiger partial charge in [0.15, 0.2) is 0 Å². The monoisotopic (exact) mass is 388 g/mol. The van der Waals surface area contributed by atoms with Crippen molar-refractivity contribution >= 4 is 34.7 Å². The zero-order valence-corrected chi connectivity index (χ0v) is 16.9. The summed E-state index contributed by atoms with van der Waals surface area (Å²) in [5.74, 6) is 0. The predicted molar refractivity (Wildman–Crippen MR) is 110 cm³/mol. The van der Waals surface area contributed by atoms with Gasteiger partial charge >= 0.3 is 0 Å². The van der Waals surface area contributed by atoms with Crippen molar-refractivity contribution in [1.29, 1.82) is 0 Å². The Balaban J connectivity index is 1.74. The Morgan fingerprint density at radius 1 is 1.15 bits per heavy atom. The fourth-order valence-corrected chi connectivity index (χ4v) is 5.44. The van der Waals surface area contributed by atoms with Crippen LogP contribution >= 0.6 is 23.4 Å². The number of likely N-dealkylation sites (tertiary alicyclic amines) is 1. The van der Waals surface area contributed by atoms with Gasteiger partial charge in [-0.2, -0.15) is 0 Å². The van der Waals surface area contributed by atoms with E-state index in [1.165, 1.54) is 27.6 Å². The highest BCUT2D eigenvalue weighted by Crippen LogP contribution is 2.50. The van der Waals surface area contributed by atoms with E-state index in [-0.39, 0.29) is 5.41 Å². The third-order valence-electron chi connectivity index (χ3n) is 5.55. The van der Waals surface area contributed by atoms with E-state index < -0.39 is 0 Å². The molecule has 1 unspecified atom stereocenters.